The van der Waals surface area contributed by atoms with Gasteiger partial charge in [0.1, 0.15) is 0 Å². The second-order valence-corrected chi connectivity index (χ2v) is 11.3. The Morgan fingerprint density at radius 2 is 1.12 bits per heavy atom. The third-order valence-electron chi connectivity index (χ3n) is 7.68. The predicted molar refractivity (Wildman–Crippen MR) is 166 cm³/mol. The molecule has 0 atom stereocenters. The molecule has 0 aliphatic rings. The highest BCUT2D eigenvalue weighted by molar-refractivity contribution is 6.11. The molecule has 0 amide bonds. The molecule has 0 saturated heterocycles. The van der Waals surface area contributed by atoms with E-state index in [-0.39, 0.29) is 5.41 Å². The van der Waals surface area contributed by atoms with E-state index < -0.39 is 0 Å². The van der Waals surface area contributed by atoms with Crippen molar-refractivity contribution in [3.05, 3.63) is 127 Å². The highest BCUT2D eigenvalue weighted by atomic mass is 15.3. The van der Waals surface area contributed by atoms with Crippen molar-refractivity contribution in [2.75, 3.05) is 0 Å². The Labute approximate surface area is 234 Å². The van der Waals surface area contributed by atoms with Gasteiger partial charge in [-0.15, -0.1) is 10.2 Å². The van der Waals surface area contributed by atoms with Crippen LogP contribution in [0.25, 0.3) is 61.4 Å². The lowest BCUT2D eigenvalue weighted by Crippen LogP contribution is -2.10. The zero-order valence-corrected chi connectivity index (χ0v) is 22.9. The van der Waals surface area contributed by atoms with Gasteiger partial charge in [-0.2, -0.15) is 0 Å². The summed E-state index contributed by atoms with van der Waals surface area (Å²) in [5.74, 6) is 1.64. The van der Waals surface area contributed by atoms with Crippen molar-refractivity contribution in [2.24, 2.45) is 0 Å². The van der Waals surface area contributed by atoms with Gasteiger partial charge in [-0.3, -0.25) is 4.57 Å². The van der Waals surface area contributed by atoms with Crippen LogP contribution in [0.2, 0.25) is 0 Å². The Kier molecular flexibility index (Phi) is 5.64. The predicted octanol–water partition coefficient (Wildman–Crippen LogP) is 9.20. The van der Waals surface area contributed by atoms with Gasteiger partial charge in [-0.05, 0) is 34.7 Å². The topological polar surface area (TPSA) is 46.5 Å². The molecule has 2 aromatic heterocycles. The Bertz CT molecular complexity index is 1950. The van der Waals surface area contributed by atoms with Crippen molar-refractivity contribution in [3.63, 3.8) is 0 Å². The number of para-hydroxylation sites is 3. The molecule has 194 valence electrons. The number of fused-ring (bicyclic) bond motifs is 3. The van der Waals surface area contributed by atoms with E-state index in [0.29, 0.717) is 0 Å². The summed E-state index contributed by atoms with van der Waals surface area (Å²) in [4.78, 5) is 3.63. The molecule has 5 aromatic carbocycles. The number of nitrogens with one attached hydrogen (secondary N) is 1. The number of aromatic nitrogens is 4. The Balaban J connectivity index is 1.32. The molecule has 0 radical (unpaired) electrons. The fraction of sp³-hybridized carbons (Fsp3) is 0.111. The molecule has 40 heavy (non-hydrogen) atoms. The first-order chi connectivity index (χ1) is 19.5. The molecule has 1 N–H and O–H groups in total. The number of hydrogen-bond acceptors (Lipinski definition) is 2. The molecule has 0 saturated carbocycles. The zero-order valence-electron chi connectivity index (χ0n) is 22.9. The van der Waals surface area contributed by atoms with Crippen LogP contribution >= 0.6 is 0 Å². The zero-order chi connectivity index (χ0) is 27.3. The van der Waals surface area contributed by atoms with Gasteiger partial charge >= 0.3 is 0 Å². The molecule has 0 spiro atoms. The third-order valence-corrected chi connectivity index (χ3v) is 7.68. The molecule has 4 nitrogen and oxygen atoms in total. The molecule has 0 bridgehead atoms. The Morgan fingerprint density at radius 1 is 0.550 bits per heavy atom. The van der Waals surface area contributed by atoms with Gasteiger partial charge in [0.15, 0.2) is 11.6 Å². The molecule has 2 heterocycles. The third kappa shape index (κ3) is 4.09. The van der Waals surface area contributed by atoms with E-state index >= 15 is 0 Å². The summed E-state index contributed by atoms with van der Waals surface area (Å²) < 4.78 is 2.15. The fourth-order valence-corrected chi connectivity index (χ4v) is 5.51. The van der Waals surface area contributed by atoms with Crippen LogP contribution in [0.15, 0.2) is 121 Å². The monoisotopic (exact) mass is 518 g/mol. The minimum absolute atomic E-state index is 0.0930. The molecular formula is C36H30N4. The van der Waals surface area contributed by atoms with Crippen molar-refractivity contribution in [2.45, 2.75) is 26.2 Å². The van der Waals surface area contributed by atoms with Gasteiger partial charge in [0.05, 0.1) is 5.52 Å². The lowest BCUT2D eigenvalue weighted by molar-refractivity contribution is 0.590. The van der Waals surface area contributed by atoms with Gasteiger partial charge < -0.3 is 4.98 Å². The Hall–Kier alpha value is -4.96. The van der Waals surface area contributed by atoms with Crippen LogP contribution in [-0.4, -0.2) is 19.7 Å². The summed E-state index contributed by atoms with van der Waals surface area (Å²) in [5, 5.41) is 11.9. The lowest BCUT2D eigenvalue weighted by Gasteiger charge is -2.19. The summed E-state index contributed by atoms with van der Waals surface area (Å²) in [6.07, 6.45) is 0. The molecule has 7 rings (SSSR count). The van der Waals surface area contributed by atoms with Gasteiger partial charge in [0.25, 0.3) is 0 Å². The average molecular weight is 519 g/mol. The molecule has 4 heteroatoms. The van der Waals surface area contributed by atoms with Gasteiger partial charge in [0, 0.05) is 38.7 Å². The number of nitrogens with zero attached hydrogens (tertiary/aromatic N) is 3. The summed E-state index contributed by atoms with van der Waals surface area (Å²) in [6, 6.07) is 42.6. The number of hydrogen-bond donors (Lipinski definition) is 1. The van der Waals surface area contributed by atoms with Crippen LogP contribution in [-0.2, 0) is 5.41 Å². The highest BCUT2D eigenvalue weighted by Gasteiger charge is 2.19. The Morgan fingerprint density at radius 3 is 1.80 bits per heavy atom. The minimum atomic E-state index is 0.0930. The van der Waals surface area contributed by atoms with E-state index in [1.807, 2.05) is 6.07 Å². The fourth-order valence-electron chi connectivity index (χ4n) is 5.51. The number of benzene rings is 5. The van der Waals surface area contributed by atoms with E-state index in [9.17, 15) is 0 Å². The van der Waals surface area contributed by atoms with Crippen LogP contribution in [0.3, 0.4) is 0 Å². The van der Waals surface area contributed by atoms with Crippen molar-refractivity contribution in [1.29, 1.82) is 0 Å². The quantitative estimate of drug-likeness (QED) is 0.252. The standard InChI is InChI=1S/C36H30N4/c1-36(2,3)27-22-20-26(21-23-27)35-39-38-34(40(35)28-10-5-4-6-11-28)25-18-16-24(17-19-25)29-13-9-14-31-30-12-7-8-15-32(30)37-33(29)31/h4-23,37H,1-3H3. The average Bonchev–Trinajstić information content (AvgIpc) is 3.60. The second kappa shape index (κ2) is 9.35. The van der Waals surface area contributed by atoms with Crippen LogP contribution in [0.1, 0.15) is 26.3 Å². The molecule has 7 aromatic rings. The van der Waals surface area contributed by atoms with E-state index in [1.165, 1.54) is 21.9 Å². The molecule has 0 aliphatic carbocycles. The van der Waals surface area contributed by atoms with Crippen molar-refractivity contribution >= 4 is 21.8 Å². The summed E-state index contributed by atoms with van der Waals surface area (Å²) in [5.41, 5.74) is 9.13. The lowest BCUT2D eigenvalue weighted by atomic mass is 9.86. The maximum Gasteiger partial charge on any atom is 0.168 e. The van der Waals surface area contributed by atoms with Crippen LogP contribution in [0.4, 0.5) is 0 Å². The van der Waals surface area contributed by atoms with Crippen LogP contribution in [0.5, 0.6) is 0 Å². The largest absolute Gasteiger partial charge is 0.354 e. The smallest absolute Gasteiger partial charge is 0.168 e. The molecule has 0 fully saturated rings. The number of rotatable bonds is 4. The summed E-state index contributed by atoms with van der Waals surface area (Å²) in [7, 11) is 0. The van der Waals surface area contributed by atoms with Crippen LogP contribution in [0, 0.1) is 0 Å². The SMILES string of the molecule is CC(C)(C)c1ccc(-c2nnc(-c3ccc(-c4cccc5c4[nH]c4ccccc45)cc3)n2-c2ccccc2)cc1. The molecule has 0 unspecified atom stereocenters. The van der Waals surface area contributed by atoms with E-state index in [1.54, 1.807) is 0 Å². The maximum absolute atomic E-state index is 4.70. The van der Waals surface area contributed by atoms with Crippen molar-refractivity contribution < 1.29 is 0 Å². The normalized spacial score (nSPS) is 11.9. The van der Waals surface area contributed by atoms with Gasteiger partial charge in [0.2, 0.25) is 0 Å². The number of H-pyrrole nitrogens is 1. The molecular weight excluding hydrogens is 488 g/mol. The number of aromatic amines is 1. The molecule has 0 aliphatic heterocycles. The highest BCUT2D eigenvalue weighted by Crippen LogP contribution is 2.35. The first-order valence-corrected chi connectivity index (χ1v) is 13.7. The summed E-state index contributed by atoms with van der Waals surface area (Å²) in [6.45, 7) is 6.69. The first-order valence-electron chi connectivity index (χ1n) is 13.7. The second-order valence-electron chi connectivity index (χ2n) is 11.3. The first kappa shape index (κ1) is 24.1. The summed E-state index contributed by atoms with van der Waals surface area (Å²) >= 11 is 0. The van der Waals surface area contributed by atoms with Crippen LogP contribution < -0.4 is 0 Å². The van der Waals surface area contributed by atoms with E-state index in [4.69, 9.17) is 5.10 Å². The van der Waals surface area contributed by atoms with E-state index in [2.05, 4.69) is 151 Å². The maximum atomic E-state index is 4.70. The van der Waals surface area contributed by atoms with Crippen molar-refractivity contribution in [3.8, 4) is 39.6 Å². The van der Waals surface area contributed by atoms with Gasteiger partial charge in [-0.1, -0.05) is 124 Å². The van der Waals surface area contributed by atoms with Crippen molar-refractivity contribution in [1.82, 2.24) is 19.7 Å². The van der Waals surface area contributed by atoms with E-state index in [0.717, 1.165) is 45.1 Å². The minimum Gasteiger partial charge on any atom is -0.354 e. The van der Waals surface area contributed by atoms with Gasteiger partial charge in [-0.25, -0.2) is 0 Å².